The minimum atomic E-state index is 0.0140. The highest BCUT2D eigenvalue weighted by atomic mass is 35.5. The molecular formula is C13H20ClNOS. The summed E-state index contributed by atoms with van der Waals surface area (Å²) >= 11 is 7.57. The highest BCUT2D eigenvalue weighted by Gasteiger charge is 2.26. The summed E-state index contributed by atoms with van der Waals surface area (Å²) in [5.41, 5.74) is 1.85. The Morgan fingerprint density at radius 3 is 2.47 bits per heavy atom. The van der Waals surface area contributed by atoms with Gasteiger partial charge in [0.05, 0.1) is 5.56 Å². The number of hydrogen-bond donors (Lipinski definition) is 1. The molecule has 0 aromatic carbocycles. The molecular weight excluding hydrogens is 254 g/mol. The zero-order valence-corrected chi connectivity index (χ0v) is 12.3. The molecule has 0 unspecified atom stereocenters. The molecule has 17 heavy (non-hydrogen) atoms. The first-order valence-corrected chi connectivity index (χ1v) is 7.43. The van der Waals surface area contributed by atoms with Crippen LogP contribution in [0, 0.1) is 12.3 Å². The number of amides is 1. The highest BCUT2D eigenvalue weighted by molar-refractivity contribution is 7.08. The van der Waals surface area contributed by atoms with Gasteiger partial charge in [0.2, 0.25) is 0 Å². The van der Waals surface area contributed by atoms with Crippen LogP contribution in [-0.2, 0) is 0 Å². The van der Waals surface area contributed by atoms with E-state index in [9.17, 15) is 4.79 Å². The first-order chi connectivity index (χ1) is 8.08. The van der Waals surface area contributed by atoms with Crippen molar-refractivity contribution in [1.29, 1.82) is 0 Å². The fourth-order valence-corrected chi connectivity index (χ4v) is 2.99. The van der Waals surface area contributed by atoms with E-state index in [1.165, 1.54) is 0 Å². The molecule has 0 radical (unpaired) electrons. The van der Waals surface area contributed by atoms with Crippen molar-refractivity contribution >= 4 is 28.8 Å². The van der Waals surface area contributed by atoms with Gasteiger partial charge in [-0.3, -0.25) is 4.79 Å². The predicted octanol–water partition coefficient (Wildman–Crippen LogP) is 3.83. The molecule has 1 aromatic rings. The number of alkyl halides is 1. The summed E-state index contributed by atoms with van der Waals surface area (Å²) in [5, 5.41) is 6.89. The third-order valence-corrected chi connectivity index (χ3v) is 4.94. The third-order valence-electron chi connectivity index (χ3n) is 3.51. The summed E-state index contributed by atoms with van der Waals surface area (Å²) in [6, 6.07) is 0. The van der Waals surface area contributed by atoms with Crippen molar-refractivity contribution < 1.29 is 4.79 Å². The zero-order valence-electron chi connectivity index (χ0n) is 10.7. The lowest BCUT2D eigenvalue weighted by atomic mass is 9.84. The van der Waals surface area contributed by atoms with Gasteiger partial charge in [0.1, 0.15) is 0 Å². The van der Waals surface area contributed by atoms with Crippen molar-refractivity contribution in [2.45, 2.75) is 33.6 Å². The van der Waals surface area contributed by atoms with Gasteiger partial charge in [-0.15, -0.1) is 11.6 Å². The molecule has 0 saturated carbocycles. The molecule has 0 aliphatic rings. The maximum atomic E-state index is 12.0. The number of halogens is 1. The number of aryl methyl sites for hydroxylation is 1. The first-order valence-electron chi connectivity index (χ1n) is 5.95. The fourth-order valence-electron chi connectivity index (χ4n) is 1.69. The molecule has 1 aromatic heterocycles. The van der Waals surface area contributed by atoms with Crippen LogP contribution < -0.4 is 5.32 Å². The van der Waals surface area contributed by atoms with E-state index in [0.29, 0.717) is 12.4 Å². The van der Waals surface area contributed by atoms with Gasteiger partial charge in [0.25, 0.3) is 5.91 Å². The van der Waals surface area contributed by atoms with Crippen LogP contribution in [0.25, 0.3) is 0 Å². The number of carbonyl (C=O) groups excluding carboxylic acids is 1. The van der Waals surface area contributed by atoms with E-state index in [0.717, 1.165) is 24.0 Å². The largest absolute Gasteiger partial charge is 0.351 e. The standard InChI is InChI=1S/C13H20ClNOS/c1-4-13(5-2,8-14)9-15-12(16)11-7-17-6-10(11)3/h6-7H,4-5,8-9H2,1-3H3,(H,15,16). The second kappa shape index (κ2) is 6.41. The molecule has 1 rings (SSSR count). The lowest BCUT2D eigenvalue weighted by molar-refractivity contribution is 0.0931. The quantitative estimate of drug-likeness (QED) is 0.784. The Bertz CT molecular complexity index is 363. The van der Waals surface area contributed by atoms with E-state index in [1.807, 2.05) is 17.7 Å². The number of thiophene rings is 1. The molecule has 2 nitrogen and oxygen atoms in total. The Balaban J connectivity index is 2.62. The van der Waals surface area contributed by atoms with Crippen molar-refractivity contribution in [3.8, 4) is 0 Å². The van der Waals surface area contributed by atoms with Crippen molar-refractivity contribution in [3.05, 3.63) is 21.9 Å². The van der Waals surface area contributed by atoms with Crippen LogP contribution in [-0.4, -0.2) is 18.3 Å². The molecule has 0 aliphatic heterocycles. The van der Waals surface area contributed by atoms with E-state index in [4.69, 9.17) is 11.6 Å². The van der Waals surface area contributed by atoms with Crippen molar-refractivity contribution in [1.82, 2.24) is 5.32 Å². The number of nitrogens with one attached hydrogen (secondary N) is 1. The Labute approximate surface area is 112 Å². The normalized spacial score (nSPS) is 11.5. The maximum Gasteiger partial charge on any atom is 0.252 e. The molecule has 0 fully saturated rings. The van der Waals surface area contributed by atoms with Crippen LogP contribution in [0.4, 0.5) is 0 Å². The molecule has 4 heteroatoms. The summed E-state index contributed by atoms with van der Waals surface area (Å²) in [7, 11) is 0. The van der Waals surface area contributed by atoms with Crippen molar-refractivity contribution in [3.63, 3.8) is 0 Å². The summed E-state index contributed by atoms with van der Waals surface area (Å²) in [4.78, 5) is 12.0. The van der Waals surface area contributed by atoms with E-state index in [-0.39, 0.29) is 11.3 Å². The van der Waals surface area contributed by atoms with Gasteiger partial charge in [0.15, 0.2) is 0 Å². The van der Waals surface area contributed by atoms with Gasteiger partial charge >= 0.3 is 0 Å². The van der Waals surface area contributed by atoms with Crippen LogP contribution in [0.2, 0.25) is 0 Å². The Hall–Kier alpha value is -0.540. The van der Waals surface area contributed by atoms with Crippen molar-refractivity contribution in [2.24, 2.45) is 5.41 Å². The van der Waals surface area contributed by atoms with E-state index >= 15 is 0 Å². The van der Waals surface area contributed by atoms with E-state index in [2.05, 4.69) is 19.2 Å². The summed E-state index contributed by atoms with van der Waals surface area (Å²) in [6.07, 6.45) is 1.96. The molecule has 1 amide bonds. The average molecular weight is 274 g/mol. The van der Waals surface area contributed by atoms with Gasteiger partial charge in [-0.25, -0.2) is 0 Å². The number of carbonyl (C=O) groups is 1. The van der Waals surface area contributed by atoms with Crippen LogP contribution in [0.3, 0.4) is 0 Å². The smallest absolute Gasteiger partial charge is 0.252 e. The summed E-state index contributed by atoms with van der Waals surface area (Å²) in [6.45, 7) is 6.85. The molecule has 0 atom stereocenters. The average Bonchev–Trinajstić information content (AvgIpc) is 2.78. The molecule has 96 valence electrons. The minimum Gasteiger partial charge on any atom is -0.351 e. The maximum absolute atomic E-state index is 12.0. The van der Waals surface area contributed by atoms with Crippen LogP contribution in [0.5, 0.6) is 0 Å². The van der Waals surface area contributed by atoms with Gasteiger partial charge in [-0.2, -0.15) is 11.3 Å². The lowest BCUT2D eigenvalue weighted by Gasteiger charge is -2.29. The minimum absolute atomic E-state index is 0.0140. The monoisotopic (exact) mass is 273 g/mol. The van der Waals surface area contributed by atoms with Crippen LogP contribution in [0.15, 0.2) is 10.8 Å². The molecule has 0 bridgehead atoms. The van der Waals surface area contributed by atoms with Gasteiger partial charge in [-0.1, -0.05) is 13.8 Å². The SMILES string of the molecule is CCC(CC)(CCl)CNC(=O)c1cscc1C. The molecule has 1 N–H and O–H groups in total. The molecule has 0 spiro atoms. The van der Waals surface area contributed by atoms with E-state index in [1.54, 1.807) is 11.3 Å². The third kappa shape index (κ3) is 3.46. The van der Waals surface area contributed by atoms with Crippen molar-refractivity contribution in [2.75, 3.05) is 12.4 Å². The van der Waals surface area contributed by atoms with Gasteiger partial charge < -0.3 is 5.32 Å². The van der Waals surface area contributed by atoms with Gasteiger partial charge in [0, 0.05) is 23.2 Å². The molecule has 0 aliphatic carbocycles. The second-order valence-electron chi connectivity index (χ2n) is 4.49. The Morgan fingerprint density at radius 1 is 1.41 bits per heavy atom. The van der Waals surface area contributed by atoms with Gasteiger partial charge in [-0.05, 0) is 30.7 Å². The van der Waals surface area contributed by atoms with Crippen LogP contribution >= 0.6 is 22.9 Å². The summed E-state index contributed by atoms with van der Waals surface area (Å²) < 4.78 is 0. The molecule has 1 heterocycles. The Morgan fingerprint density at radius 2 is 2.06 bits per heavy atom. The van der Waals surface area contributed by atoms with Crippen LogP contribution in [0.1, 0.15) is 42.6 Å². The number of rotatable bonds is 6. The zero-order chi connectivity index (χ0) is 12.9. The van der Waals surface area contributed by atoms with E-state index < -0.39 is 0 Å². The predicted molar refractivity (Wildman–Crippen MR) is 75.1 cm³/mol. The molecule has 0 saturated heterocycles. The fraction of sp³-hybridized carbons (Fsp3) is 0.615. The Kier molecular flexibility index (Phi) is 5.47. The topological polar surface area (TPSA) is 29.1 Å². The first kappa shape index (κ1) is 14.5. The number of hydrogen-bond acceptors (Lipinski definition) is 2. The second-order valence-corrected chi connectivity index (χ2v) is 5.50. The highest BCUT2D eigenvalue weighted by Crippen LogP contribution is 2.27. The lowest BCUT2D eigenvalue weighted by Crippen LogP contribution is -2.38. The summed E-state index contributed by atoms with van der Waals surface area (Å²) in [5.74, 6) is 0.600.